The molecule has 0 radical (unpaired) electrons. The SMILES string of the molecule is Cc1cc2c(cc1Cl)CCCN(C)C1CCc3ccccc3C21. The standard InChI is InChI=1S/C21H24ClN/c1-14-12-18-16(13-19(14)22)7-5-11-23(2)20-10-9-15-6-3-4-8-17(15)21(18)20/h3-4,6,8,12-13,20-21H,5,7,9-11H2,1-2H3. The lowest BCUT2D eigenvalue weighted by atomic mass is 9.72. The van der Waals surface area contributed by atoms with E-state index in [1.54, 1.807) is 0 Å². The van der Waals surface area contributed by atoms with Crippen LogP contribution in [-0.2, 0) is 12.8 Å². The molecule has 1 heterocycles. The van der Waals surface area contributed by atoms with E-state index >= 15 is 0 Å². The number of nitrogens with zero attached hydrogens (tertiary/aromatic N) is 1. The third-order valence-corrected chi connectivity index (χ3v) is 6.17. The minimum Gasteiger partial charge on any atom is -0.302 e. The van der Waals surface area contributed by atoms with E-state index < -0.39 is 0 Å². The molecule has 0 bridgehead atoms. The first kappa shape index (κ1) is 15.2. The summed E-state index contributed by atoms with van der Waals surface area (Å²) in [6, 6.07) is 14.2. The summed E-state index contributed by atoms with van der Waals surface area (Å²) in [6.45, 7) is 3.31. The number of fused-ring (bicyclic) bond motifs is 5. The van der Waals surface area contributed by atoms with Crippen LogP contribution in [-0.4, -0.2) is 24.5 Å². The minimum absolute atomic E-state index is 0.483. The van der Waals surface area contributed by atoms with Gasteiger partial charge in [-0.15, -0.1) is 0 Å². The fourth-order valence-electron chi connectivity index (χ4n) is 4.53. The molecule has 0 aromatic heterocycles. The van der Waals surface area contributed by atoms with Gasteiger partial charge in [-0.05, 0) is 80.1 Å². The average molecular weight is 326 g/mol. The van der Waals surface area contributed by atoms with Crippen LogP contribution in [0.4, 0.5) is 0 Å². The van der Waals surface area contributed by atoms with Crippen molar-refractivity contribution in [3.8, 4) is 0 Å². The molecule has 1 aliphatic carbocycles. The van der Waals surface area contributed by atoms with Crippen molar-refractivity contribution in [3.05, 3.63) is 69.2 Å². The van der Waals surface area contributed by atoms with Crippen molar-refractivity contribution in [3.63, 3.8) is 0 Å². The molecule has 4 rings (SSSR count). The maximum atomic E-state index is 6.43. The number of aryl methyl sites for hydroxylation is 3. The van der Waals surface area contributed by atoms with Gasteiger partial charge >= 0.3 is 0 Å². The Labute approximate surface area is 144 Å². The Morgan fingerprint density at radius 3 is 2.74 bits per heavy atom. The van der Waals surface area contributed by atoms with Crippen LogP contribution in [0.25, 0.3) is 0 Å². The van der Waals surface area contributed by atoms with Crippen molar-refractivity contribution in [2.45, 2.75) is 44.6 Å². The smallest absolute Gasteiger partial charge is 0.0438 e. The quantitative estimate of drug-likeness (QED) is 0.660. The van der Waals surface area contributed by atoms with Crippen molar-refractivity contribution in [1.29, 1.82) is 0 Å². The summed E-state index contributed by atoms with van der Waals surface area (Å²) in [5.74, 6) is 0.483. The Kier molecular flexibility index (Phi) is 3.95. The molecule has 23 heavy (non-hydrogen) atoms. The number of halogens is 1. The molecule has 2 unspecified atom stereocenters. The van der Waals surface area contributed by atoms with Gasteiger partial charge in [0.15, 0.2) is 0 Å². The molecule has 1 aliphatic heterocycles. The maximum absolute atomic E-state index is 6.43. The molecular formula is C21H24ClN. The second-order valence-corrected chi connectivity index (χ2v) is 7.57. The van der Waals surface area contributed by atoms with Crippen molar-refractivity contribution in [2.24, 2.45) is 0 Å². The fraction of sp³-hybridized carbons (Fsp3) is 0.429. The van der Waals surface area contributed by atoms with Gasteiger partial charge in [-0.3, -0.25) is 0 Å². The third-order valence-electron chi connectivity index (χ3n) is 5.76. The summed E-state index contributed by atoms with van der Waals surface area (Å²) in [5, 5.41) is 0.915. The second-order valence-electron chi connectivity index (χ2n) is 7.17. The highest BCUT2D eigenvalue weighted by Gasteiger charge is 2.35. The van der Waals surface area contributed by atoms with Gasteiger partial charge in [0.1, 0.15) is 0 Å². The van der Waals surface area contributed by atoms with E-state index in [2.05, 4.69) is 55.3 Å². The van der Waals surface area contributed by atoms with Gasteiger partial charge in [-0.1, -0.05) is 41.9 Å². The van der Waals surface area contributed by atoms with Crippen LogP contribution in [0.5, 0.6) is 0 Å². The summed E-state index contributed by atoms with van der Waals surface area (Å²) >= 11 is 6.43. The first-order chi connectivity index (χ1) is 11.1. The van der Waals surface area contributed by atoms with Crippen LogP contribution in [0.2, 0.25) is 5.02 Å². The molecule has 0 saturated heterocycles. The predicted molar refractivity (Wildman–Crippen MR) is 97.5 cm³/mol. The van der Waals surface area contributed by atoms with Crippen LogP contribution in [0.15, 0.2) is 36.4 Å². The number of benzene rings is 2. The largest absolute Gasteiger partial charge is 0.302 e. The number of rotatable bonds is 0. The van der Waals surface area contributed by atoms with Crippen LogP contribution in [0.1, 0.15) is 46.6 Å². The van der Waals surface area contributed by atoms with E-state index in [4.69, 9.17) is 11.6 Å². The number of hydrogen-bond acceptors (Lipinski definition) is 1. The number of hydrogen-bond donors (Lipinski definition) is 0. The number of likely N-dealkylation sites (N-methyl/N-ethyl adjacent to an activating group) is 1. The molecule has 2 aliphatic rings. The van der Waals surface area contributed by atoms with E-state index in [0.717, 1.165) is 11.4 Å². The van der Waals surface area contributed by atoms with Crippen molar-refractivity contribution >= 4 is 11.6 Å². The Balaban J connectivity index is 1.94. The van der Waals surface area contributed by atoms with E-state index in [1.807, 2.05) is 0 Å². The summed E-state index contributed by atoms with van der Waals surface area (Å²) in [7, 11) is 2.30. The van der Waals surface area contributed by atoms with Crippen LogP contribution >= 0.6 is 11.6 Å². The van der Waals surface area contributed by atoms with Crippen LogP contribution in [0.3, 0.4) is 0 Å². The molecule has 0 fully saturated rings. The van der Waals surface area contributed by atoms with Gasteiger partial charge in [0.2, 0.25) is 0 Å². The molecule has 0 spiro atoms. The van der Waals surface area contributed by atoms with Gasteiger partial charge in [-0.25, -0.2) is 0 Å². The predicted octanol–water partition coefficient (Wildman–Crippen LogP) is 4.97. The molecule has 2 aromatic carbocycles. The molecule has 2 heteroatoms. The van der Waals surface area contributed by atoms with Gasteiger partial charge < -0.3 is 4.90 Å². The Bertz CT molecular complexity index is 737. The van der Waals surface area contributed by atoms with E-state index in [0.29, 0.717) is 12.0 Å². The first-order valence-corrected chi connectivity index (χ1v) is 9.10. The van der Waals surface area contributed by atoms with Gasteiger partial charge in [-0.2, -0.15) is 0 Å². The first-order valence-electron chi connectivity index (χ1n) is 8.72. The molecular weight excluding hydrogens is 302 g/mol. The Hall–Kier alpha value is -1.31. The third kappa shape index (κ3) is 2.60. The molecule has 1 nitrogen and oxygen atoms in total. The summed E-state index contributed by atoms with van der Waals surface area (Å²) < 4.78 is 0. The van der Waals surface area contributed by atoms with Crippen molar-refractivity contribution < 1.29 is 0 Å². The molecule has 0 saturated carbocycles. The molecule has 2 atom stereocenters. The summed E-state index contributed by atoms with van der Waals surface area (Å²) in [5.41, 5.74) is 7.23. The lowest BCUT2D eigenvalue weighted by molar-refractivity contribution is 0.196. The lowest BCUT2D eigenvalue weighted by Crippen LogP contribution is -2.42. The zero-order valence-electron chi connectivity index (χ0n) is 14.0. The highest BCUT2D eigenvalue weighted by Crippen LogP contribution is 2.42. The zero-order valence-corrected chi connectivity index (χ0v) is 14.7. The monoisotopic (exact) mass is 325 g/mol. The van der Waals surface area contributed by atoms with E-state index in [1.165, 1.54) is 53.6 Å². The topological polar surface area (TPSA) is 3.24 Å². The Morgan fingerprint density at radius 2 is 1.87 bits per heavy atom. The molecule has 0 amide bonds. The second kappa shape index (κ2) is 5.96. The van der Waals surface area contributed by atoms with E-state index in [-0.39, 0.29) is 0 Å². The van der Waals surface area contributed by atoms with Gasteiger partial charge in [0.25, 0.3) is 0 Å². The molecule has 120 valence electrons. The summed E-state index contributed by atoms with van der Waals surface area (Å²) in [6.07, 6.45) is 4.79. The zero-order chi connectivity index (χ0) is 16.0. The van der Waals surface area contributed by atoms with E-state index in [9.17, 15) is 0 Å². The fourth-order valence-corrected chi connectivity index (χ4v) is 4.71. The van der Waals surface area contributed by atoms with Crippen LogP contribution < -0.4 is 0 Å². The highest BCUT2D eigenvalue weighted by molar-refractivity contribution is 6.31. The Morgan fingerprint density at radius 1 is 1.04 bits per heavy atom. The van der Waals surface area contributed by atoms with Crippen molar-refractivity contribution in [2.75, 3.05) is 13.6 Å². The van der Waals surface area contributed by atoms with Gasteiger partial charge in [0, 0.05) is 17.0 Å². The van der Waals surface area contributed by atoms with Gasteiger partial charge in [0.05, 0.1) is 0 Å². The summed E-state index contributed by atoms with van der Waals surface area (Å²) in [4.78, 5) is 2.59. The maximum Gasteiger partial charge on any atom is 0.0438 e. The average Bonchev–Trinajstić information content (AvgIpc) is 2.55. The molecule has 2 aromatic rings. The molecule has 0 N–H and O–H groups in total. The highest BCUT2D eigenvalue weighted by atomic mass is 35.5. The van der Waals surface area contributed by atoms with Crippen LogP contribution in [0, 0.1) is 6.92 Å². The lowest BCUT2D eigenvalue weighted by Gasteiger charge is -2.42. The van der Waals surface area contributed by atoms with Crippen molar-refractivity contribution in [1.82, 2.24) is 4.90 Å². The normalized spacial score (nSPS) is 24.1. The minimum atomic E-state index is 0.483.